The van der Waals surface area contributed by atoms with Crippen molar-refractivity contribution in [2.24, 2.45) is 5.73 Å². The van der Waals surface area contributed by atoms with Crippen LogP contribution in [0.4, 0.5) is 5.69 Å². The maximum atomic E-state index is 9.20. The first kappa shape index (κ1) is 12.0. The van der Waals surface area contributed by atoms with Crippen molar-refractivity contribution >= 4 is 28.9 Å². The SMILES string of the molecule is NC1(CO)CCN(c2cc(Cl)cc(Cl)c2)C1. The van der Waals surface area contributed by atoms with E-state index >= 15 is 0 Å². The highest BCUT2D eigenvalue weighted by atomic mass is 35.5. The number of aliphatic hydroxyl groups excluding tert-OH is 1. The van der Waals surface area contributed by atoms with Gasteiger partial charge in [0.2, 0.25) is 0 Å². The monoisotopic (exact) mass is 260 g/mol. The third-order valence-corrected chi connectivity index (χ3v) is 3.35. The average molecular weight is 261 g/mol. The maximum Gasteiger partial charge on any atom is 0.0629 e. The Bertz CT molecular complexity index is 379. The molecule has 1 fully saturated rings. The van der Waals surface area contributed by atoms with Gasteiger partial charge in [-0.3, -0.25) is 0 Å². The van der Waals surface area contributed by atoms with Crippen molar-refractivity contribution in [3.05, 3.63) is 28.2 Å². The fourth-order valence-electron chi connectivity index (χ4n) is 1.97. The number of nitrogens with two attached hydrogens (primary N) is 1. The average Bonchev–Trinajstić information content (AvgIpc) is 2.61. The minimum atomic E-state index is -0.505. The minimum Gasteiger partial charge on any atom is -0.394 e. The first-order valence-corrected chi connectivity index (χ1v) is 5.89. The molecule has 1 heterocycles. The number of hydrogen-bond acceptors (Lipinski definition) is 3. The van der Waals surface area contributed by atoms with Crippen LogP contribution in [-0.2, 0) is 0 Å². The second kappa shape index (κ2) is 4.41. The van der Waals surface area contributed by atoms with Crippen LogP contribution >= 0.6 is 23.2 Å². The molecule has 2 rings (SSSR count). The topological polar surface area (TPSA) is 49.5 Å². The molecule has 1 saturated heterocycles. The second-order valence-corrected chi connectivity index (χ2v) is 5.19. The zero-order chi connectivity index (χ0) is 11.8. The molecule has 3 N–H and O–H groups in total. The van der Waals surface area contributed by atoms with E-state index in [-0.39, 0.29) is 6.61 Å². The van der Waals surface area contributed by atoms with Crippen molar-refractivity contribution in [1.29, 1.82) is 0 Å². The van der Waals surface area contributed by atoms with Crippen molar-refractivity contribution in [1.82, 2.24) is 0 Å². The summed E-state index contributed by atoms with van der Waals surface area (Å²) in [6, 6.07) is 5.41. The summed E-state index contributed by atoms with van der Waals surface area (Å²) in [4.78, 5) is 2.09. The minimum absolute atomic E-state index is 0.00218. The van der Waals surface area contributed by atoms with Crippen LogP contribution in [-0.4, -0.2) is 30.3 Å². The van der Waals surface area contributed by atoms with Gasteiger partial charge in [0.1, 0.15) is 0 Å². The Labute approximate surface area is 105 Å². The van der Waals surface area contributed by atoms with Crippen molar-refractivity contribution in [3.8, 4) is 0 Å². The molecule has 16 heavy (non-hydrogen) atoms. The van der Waals surface area contributed by atoms with Gasteiger partial charge in [0.05, 0.1) is 12.1 Å². The molecule has 88 valence electrons. The third-order valence-electron chi connectivity index (χ3n) is 2.91. The van der Waals surface area contributed by atoms with Crippen molar-refractivity contribution in [2.45, 2.75) is 12.0 Å². The highest BCUT2D eigenvalue weighted by Gasteiger charge is 2.33. The summed E-state index contributed by atoms with van der Waals surface area (Å²) < 4.78 is 0. The van der Waals surface area contributed by atoms with Crippen LogP contribution in [0, 0.1) is 0 Å². The lowest BCUT2D eigenvalue weighted by Crippen LogP contribution is -2.46. The van der Waals surface area contributed by atoms with Crippen molar-refractivity contribution in [3.63, 3.8) is 0 Å². The van der Waals surface area contributed by atoms with Crippen molar-refractivity contribution in [2.75, 3.05) is 24.6 Å². The van der Waals surface area contributed by atoms with Crippen LogP contribution in [0.25, 0.3) is 0 Å². The molecule has 0 bridgehead atoms. The summed E-state index contributed by atoms with van der Waals surface area (Å²) in [7, 11) is 0. The van der Waals surface area contributed by atoms with E-state index in [0.29, 0.717) is 16.6 Å². The summed E-state index contributed by atoms with van der Waals surface area (Å²) in [5.74, 6) is 0. The van der Waals surface area contributed by atoms with E-state index in [1.807, 2.05) is 12.1 Å². The van der Waals surface area contributed by atoms with Gasteiger partial charge >= 0.3 is 0 Å². The van der Waals surface area contributed by atoms with Gasteiger partial charge in [-0.1, -0.05) is 23.2 Å². The first-order valence-electron chi connectivity index (χ1n) is 5.13. The molecule has 1 aromatic carbocycles. The van der Waals surface area contributed by atoms with Crippen LogP contribution in [0.5, 0.6) is 0 Å². The number of rotatable bonds is 2. The Morgan fingerprint density at radius 2 is 1.94 bits per heavy atom. The van der Waals surface area contributed by atoms with Gasteiger partial charge in [-0.15, -0.1) is 0 Å². The standard InChI is InChI=1S/C11H14Cl2N2O/c12-8-3-9(13)5-10(4-8)15-2-1-11(14,6-15)7-16/h3-5,16H,1-2,6-7,14H2. The number of anilines is 1. The lowest BCUT2D eigenvalue weighted by Gasteiger charge is -2.23. The summed E-state index contributed by atoms with van der Waals surface area (Å²) in [5, 5.41) is 10.4. The van der Waals surface area contributed by atoms with Gasteiger partial charge in [0, 0.05) is 28.8 Å². The van der Waals surface area contributed by atoms with E-state index in [4.69, 9.17) is 28.9 Å². The van der Waals surface area contributed by atoms with Crippen LogP contribution in [0.1, 0.15) is 6.42 Å². The Hall–Kier alpha value is -0.480. The molecular weight excluding hydrogens is 247 g/mol. The Morgan fingerprint density at radius 3 is 2.44 bits per heavy atom. The first-order chi connectivity index (χ1) is 7.52. The highest BCUT2D eigenvalue weighted by Crippen LogP contribution is 2.29. The molecule has 1 atom stereocenters. The molecule has 1 aliphatic rings. The van der Waals surface area contributed by atoms with Gasteiger partial charge in [-0.05, 0) is 24.6 Å². The highest BCUT2D eigenvalue weighted by molar-refractivity contribution is 6.35. The van der Waals surface area contributed by atoms with Gasteiger partial charge in [-0.2, -0.15) is 0 Å². The largest absolute Gasteiger partial charge is 0.394 e. The Kier molecular flexibility index (Phi) is 3.31. The van der Waals surface area contributed by atoms with Crippen molar-refractivity contribution < 1.29 is 5.11 Å². The molecule has 1 aromatic rings. The fraction of sp³-hybridized carbons (Fsp3) is 0.455. The normalized spacial score (nSPS) is 25.1. The molecule has 0 aromatic heterocycles. The summed E-state index contributed by atoms with van der Waals surface area (Å²) in [5.41, 5.74) is 6.46. The van der Waals surface area contributed by atoms with Crippen LogP contribution < -0.4 is 10.6 Å². The molecule has 0 aliphatic carbocycles. The predicted molar refractivity (Wildman–Crippen MR) is 67.3 cm³/mol. The molecule has 3 nitrogen and oxygen atoms in total. The zero-order valence-electron chi connectivity index (χ0n) is 8.79. The smallest absolute Gasteiger partial charge is 0.0629 e. The maximum absolute atomic E-state index is 9.20. The number of halogens is 2. The molecular formula is C11H14Cl2N2O. The van der Waals surface area contributed by atoms with E-state index < -0.39 is 5.54 Å². The summed E-state index contributed by atoms with van der Waals surface area (Å²) in [6.07, 6.45) is 0.771. The molecule has 0 saturated carbocycles. The van der Waals surface area contributed by atoms with Gasteiger partial charge in [0.15, 0.2) is 0 Å². The quantitative estimate of drug-likeness (QED) is 0.854. The Morgan fingerprint density at radius 1 is 1.31 bits per heavy atom. The number of nitrogens with zero attached hydrogens (tertiary/aromatic N) is 1. The van der Waals surface area contributed by atoms with Crippen LogP contribution in [0.3, 0.4) is 0 Å². The molecule has 1 aliphatic heterocycles. The molecule has 0 radical (unpaired) electrons. The van der Waals surface area contributed by atoms with Crippen LogP contribution in [0.15, 0.2) is 18.2 Å². The predicted octanol–water partition coefficient (Wildman–Crippen LogP) is 1.89. The zero-order valence-corrected chi connectivity index (χ0v) is 10.3. The fourth-order valence-corrected chi connectivity index (χ4v) is 2.48. The molecule has 0 amide bonds. The summed E-state index contributed by atoms with van der Waals surface area (Å²) >= 11 is 11.9. The number of benzene rings is 1. The van der Waals surface area contributed by atoms with Gasteiger partial charge in [-0.25, -0.2) is 0 Å². The Balaban J connectivity index is 2.20. The second-order valence-electron chi connectivity index (χ2n) is 4.32. The lowest BCUT2D eigenvalue weighted by atomic mass is 10.0. The number of hydrogen-bond donors (Lipinski definition) is 2. The molecule has 0 spiro atoms. The van der Waals surface area contributed by atoms with E-state index in [2.05, 4.69) is 4.90 Å². The van der Waals surface area contributed by atoms with Gasteiger partial charge in [0.25, 0.3) is 0 Å². The van der Waals surface area contributed by atoms with Gasteiger partial charge < -0.3 is 15.7 Å². The van der Waals surface area contributed by atoms with Crippen LogP contribution in [0.2, 0.25) is 10.0 Å². The molecule has 1 unspecified atom stereocenters. The number of aliphatic hydroxyl groups is 1. The van der Waals surface area contributed by atoms with E-state index in [0.717, 1.165) is 18.7 Å². The van der Waals surface area contributed by atoms with E-state index in [1.54, 1.807) is 6.07 Å². The molecule has 5 heteroatoms. The third kappa shape index (κ3) is 2.43. The summed E-state index contributed by atoms with van der Waals surface area (Å²) in [6.45, 7) is 1.44. The van der Waals surface area contributed by atoms with E-state index in [9.17, 15) is 5.11 Å². The van der Waals surface area contributed by atoms with E-state index in [1.165, 1.54) is 0 Å². The lowest BCUT2D eigenvalue weighted by molar-refractivity contribution is 0.210.